The van der Waals surface area contributed by atoms with Crippen LogP contribution in [0.3, 0.4) is 0 Å². The Morgan fingerprint density at radius 3 is 1.17 bits per heavy atom. The van der Waals surface area contributed by atoms with Crippen molar-refractivity contribution >= 4 is 19.7 Å². The molecule has 0 unspecified atom stereocenters. The summed E-state index contributed by atoms with van der Waals surface area (Å²) in [6.07, 6.45) is 3.56. The molecule has 8 heteroatoms. The van der Waals surface area contributed by atoms with E-state index in [4.69, 9.17) is 0 Å². The van der Waals surface area contributed by atoms with Crippen molar-refractivity contribution in [2.45, 2.75) is 41.5 Å². The van der Waals surface area contributed by atoms with Gasteiger partial charge in [0.15, 0.2) is 0 Å². The van der Waals surface area contributed by atoms with Gasteiger partial charge in [-0.3, -0.25) is 0 Å². The molecule has 0 saturated heterocycles. The number of hydrogen-bond donors (Lipinski definition) is 0. The molecular weight excluding hydrogens is 522 g/mol. The van der Waals surface area contributed by atoms with E-state index in [1.807, 2.05) is 65.8 Å². The molecule has 0 aliphatic heterocycles. The third-order valence-corrected chi connectivity index (χ3v) is 8.56. The van der Waals surface area contributed by atoms with Crippen molar-refractivity contribution in [1.82, 2.24) is 9.13 Å². The Morgan fingerprint density at radius 2 is 0.829 bits per heavy atom. The normalized spacial score (nSPS) is 11.5. The molecule has 35 heavy (non-hydrogen) atoms. The van der Waals surface area contributed by atoms with Crippen LogP contribution >= 0.6 is 0 Å². The van der Waals surface area contributed by atoms with E-state index in [1.54, 1.807) is 21.5 Å². The second kappa shape index (κ2) is 9.27. The Kier molecular flexibility index (Phi) is 6.67. The van der Waals surface area contributed by atoms with Gasteiger partial charge in [-0.1, -0.05) is 0 Å². The van der Waals surface area contributed by atoms with Crippen molar-refractivity contribution < 1.29 is 22.0 Å². The van der Waals surface area contributed by atoms with Gasteiger partial charge in [-0.15, -0.1) is 0 Å². The van der Waals surface area contributed by atoms with Crippen LogP contribution in [0.25, 0.3) is 11.4 Å². The Labute approximate surface area is 206 Å². The van der Waals surface area contributed by atoms with Crippen molar-refractivity contribution in [1.29, 1.82) is 0 Å². The van der Waals surface area contributed by atoms with Crippen LogP contribution in [-0.2, 0) is 0 Å². The number of benzene rings is 3. The molecule has 0 fully saturated rings. The number of halogens is 5. The molecule has 0 aliphatic carbocycles. The summed E-state index contributed by atoms with van der Waals surface area (Å²) in [5, 5.41) is 0. The Balaban J connectivity index is 2.18. The van der Waals surface area contributed by atoms with E-state index in [0.29, 0.717) is 4.21 Å². The summed E-state index contributed by atoms with van der Waals surface area (Å²) in [5.74, 6) is -9.57. The Bertz CT molecular complexity index is 1410. The van der Waals surface area contributed by atoms with Crippen molar-refractivity contribution in [3.63, 3.8) is 0 Å². The quantitative estimate of drug-likeness (QED) is 0.122. The number of aromatic nitrogens is 2. The van der Waals surface area contributed by atoms with Crippen LogP contribution in [0.4, 0.5) is 22.0 Å². The third-order valence-electron chi connectivity index (χ3n) is 5.95. The van der Waals surface area contributed by atoms with Crippen LogP contribution < -0.4 is 4.35 Å². The van der Waals surface area contributed by atoms with Crippen molar-refractivity contribution in [3.8, 4) is 11.4 Å². The van der Waals surface area contributed by atoms with E-state index >= 15 is 0 Å². The molecule has 0 aliphatic rings. The Hall–Kier alpha value is -2.92. The van der Waals surface area contributed by atoms with Crippen LogP contribution in [0.2, 0.25) is 0 Å². The molecule has 3 aromatic carbocycles. The molecule has 4 aromatic rings. The van der Waals surface area contributed by atoms with Crippen molar-refractivity contribution in [2.75, 3.05) is 0 Å². The number of hydrogen-bond acceptors (Lipinski definition) is 0. The average Bonchev–Trinajstić information content (AvgIpc) is 3.15. The summed E-state index contributed by atoms with van der Waals surface area (Å²) < 4.78 is 74.7. The van der Waals surface area contributed by atoms with Gasteiger partial charge in [0.05, 0.1) is 0 Å². The summed E-state index contributed by atoms with van der Waals surface area (Å²) in [4.78, 5) is 0. The van der Waals surface area contributed by atoms with Gasteiger partial charge in [0.1, 0.15) is 0 Å². The van der Waals surface area contributed by atoms with Gasteiger partial charge in [0.2, 0.25) is 0 Å². The first-order valence-corrected chi connectivity index (χ1v) is 12.8. The molecule has 0 N–H and O–H groups in total. The molecule has 1 aromatic heterocycles. The topological polar surface area (TPSA) is 9.86 Å². The van der Waals surface area contributed by atoms with E-state index in [0.717, 1.165) is 44.8 Å². The second-order valence-electron chi connectivity index (χ2n) is 8.86. The Morgan fingerprint density at radius 1 is 0.514 bits per heavy atom. The fourth-order valence-corrected chi connectivity index (χ4v) is 7.13. The van der Waals surface area contributed by atoms with Crippen molar-refractivity contribution in [2.24, 2.45) is 0 Å². The summed E-state index contributed by atoms with van der Waals surface area (Å²) in [7, 11) is 0. The zero-order valence-electron chi connectivity index (χ0n) is 20.2. The van der Waals surface area contributed by atoms with E-state index in [-0.39, 0.29) is 0 Å². The monoisotopic (exact) mass is 546 g/mol. The maximum absolute atomic E-state index is 14.8. The van der Waals surface area contributed by atoms with Crippen LogP contribution in [0.5, 0.6) is 0 Å². The zero-order chi connectivity index (χ0) is 25.8. The molecule has 0 bridgehead atoms. The second-order valence-corrected chi connectivity index (χ2v) is 11.1. The maximum atomic E-state index is 14.8. The molecule has 0 atom stereocenters. The number of nitrogens with zero attached hydrogens (tertiary/aromatic N) is 2. The summed E-state index contributed by atoms with van der Waals surface area (Å²) in [5.41, 5.74) is 7.47. The summed E-state index contributed by atoms with van der Waals surface area (Å²) in [6, 6.07) is 7.98. The van der Waals surface area contributed by atoms with Crippen LogP contribution in [-0.4, -0.2) is 24.4 Å². The van der Waals surface area contributed by atoms with E-state index in [2.05, 4.69) is 0 Å². The fraction of sp³-hybridized carbons (Fsp3) is 0.222. The fourth-order valence-electron chi connectivity index (χ4n) is 4.74. The number of imidazole rings is 1. The predicted molar refractivity (Wildman–Crippen MR) is 128 cm³/mol. The summed E-state index contributed by atoms with van der Waals surface area (Å²) in [6.45, 7) is 11.7. The van der Waals surface area contributed by atoms with Gasteiger partial charge in [-0.2, -0.15) is 0 Å². The average molecular weight is 546 g/mol. The van der Waals surface area contributed by atoms with Gasteiger partial charge in [-0.25, -0.2) is 0 Å². The molecule has 0 spiro atoms. The molecule has 1 heterocycles. The van der Waals surface area contributed by atoms with Crippen LogP contribution in [0, 0.1) is 74.8 Å². The minimum atomic E-state index is -2.15. The van der Waals surface area contributed by atoms with Crippen LogP contribution in [0.15, 0.2) is 36.7 Å². The molecule has 4 rings (SSSR count). The van der Waals surface area contributed by atoms with Gasteiger partial charge >= 0.3 is 207 Å². The molecular formula is C27H24AsF5N2. The number of rotatable bonds is 3. The van der Waals surface area contributed by atoms with E-state index in [1.165, 1.54) is 0 Å². The first kappa shape index (κ1) is 25.2. The van der Waals surface area contributed by atoms with Crippen molar-refractivity contribution in [3.05, 3.63) is 103 Å². The van der Waals surface area contributed by atoms with Gasteiger partial charge in [0.25, 0.3) is 0 Å². The predicted octanol–water partition coefficient (Wildman–Crippen LogP) is 6.38. The molecule has 0 amide bonds. The standard InChI is InChI=1S/C27H24AsF5N2/c1-13-9-15(3)25(16(4)10-13)34-7-8-35(26-17(5)11-14(2)12-18(26)6)27(34)28-19-20(29)22(31)24(33)23(32)21(19)30/h7-12H,1-6H3. The first-order valence-electron chi connectivity index (χ1n) is 10.9. The van der Waals surface area contributed by atoms with E-state index in [9.17, 15) is 22.0 Å². The van der Waals surface area contributed by atoms with Gasteiger partial charge in [-0.05, 0) is 0 Å². The zero-order valence-corrected chi connectivity index (χ0v) is 22.1. The van der Waals surface area contributed by atoms with Crippen LogP contribution in [0.1, 0.15) is 33.4 Å². The first-order chi connectivity index (χ1) is 16.4. The third kappa shape index (κ3) is 4.31. The van der Waals surface area contributed by atoms with Gasteiger partial charge in [0, 0.05) is 0 Å². The molecule has 0 radical (unpaired) electrons. The number of aryl methyl sites for hydroxylation is 6. The summed E-state index contributed by atoms with van der Waals surface area (Å²) >= 11 is -1.66. The molecule has 0 saturated carbocycles. The molecule has 182 valence electrons. The minimum absolute atomic E-state index is 0.453. The SMILES string of the molecule is Cc1cc(C)c(-n2ccn(-c3c(C)cc(C)cc3C)c2=[As]c2c(F)c(F)c(F)c(F)c2F)c(C)c1. The van der Waals surface area contributed by atoms with Gasteiger partial charge < -0.3 is 0 Å². The van der Waals surface area contributed by atoms with E-state index < -0.39 is 48.7 Å². The molecule has 2 nitrogen and oxygen atoms in total.